The number of guanidine groups is 1. The van der Waals surface area contributed by atoms with E-state index in [0.717, 1.165) is 64.1 Å². The zero-order valence-electron chi connectivity index (χ0n) is 17.8. The number of nitrogens with one attached hydrogen (secondary N) is 2. The summed E-state index contributed by atoms with van der Waals surface area (Å²) in [5, 5.41) is 6.80. The molecule has 6 nitrogen and oxygen atoms in total. The van der Waals surface area contributed by atoms with Crippen LogP contribution in [0.4, 0.5) is 0 Å². The van der Waals surface area contributed by atoms with Gasteiger partial charge in [-0.15, -0.1) is 24.0 Å². The molecule has 1 aliphatic heterocycles. The topological polar surface area (TPSA) is 58.1 Å². The van der Waals surface area contributed by atoms with E-state index >= 15 is 0 Å². The van der Waals surface area contributed by atoms with E-state index in [9.17, 15) is 0 Å². The molecule has 0 atom stereocenters. The van der Waals surface area contributed by atoms with Crippen LogP contribution >= 0.6 is 24.0 Å². The fourth-order valence-electron chi connectivity index (χ4n) is 3.21. The summed E-state index contributed by atoms with van der Waals surface area (Å²) >= 11 is 0. The number of halogens is 1. The van der Waals surface area contributed by atoms with Crippen molar-refractivity contribution in [2.75, 3.05) is 52.5 Å². The van der Waals surface area contributed by atoms with E-state index in [1.807, 2.05) is 19.1 Å². The number of para-hydroxylation sites is 1. The first-order valence-electron chi connectivity index (χ1n) is 10.1. The minimum absolute atomic E-state index is 0. The molecule has 0 aromatic heterocycles. The van der Waals surface area contributed by atoms with E-state index in [4.69, 9.17) is 14.5 Å². The van der Waals surface area contributed by atoms with Crippen molar-refractivity contribution in [2.45, 2.75) is 39.7 Å². The lowest BCUT2D eigenvalue weighted by Crippen LogP contribution is -2.52. The summed E-state index contributed by atoms with van der Waals surface area (Å²) in [4.78, 5) is 7.29. The highest BCUT2D eigenvalue weighted by molar-refractivity contribution is 14.0. The van der Waals surface area contributed by atoms with Crippen LogP contribution in [0.5, 0.6) is 5.75 Å². The Balaban J connectivity index is 0.00000392. The van der Waals surface area contributed by atoms with Gasteiger partial charge in [-0.1, -0.05) is 18.2 Å². The predicted molar refractivity (Wildman–Crippen MR) is 127 cm³/mol. The maximum atomic E-state index is 5.71. The molecule has 2 rings (SSSR count). The summed E-state index contributed by atoms with van der Waals surface area (Å²) in [6.45, 7) is 15.3. The largest absolute Gasteiger partial charge is 0.494 e. The molecule has 1 aromatic carbocycles. The minimum Gasteiger partial charge on any atom is -0.494 e. The maximum absolute atomic E-state index is 5.71. The van der Waals surface area contributed by atoms with Gasteiger partial charge < -0.3 is 20.1 Å². The number of hydrogen-bond acceptors (Lipinski definition) is 4. The monoisotopic (exact) mass is 504 g/mol. The van der Waals surface area contributed by atoms with Gasteiger partial charge in [0.05, 0.1) is 26.4 Å². The quantitative estimate of drug-likeness (QED) is 0.308. The third kappa shape index (κ3) is 8.13. The normalized spacial score (nSPS) is 15.6. The second kappa shape index (κ2) is 13.2. The van der Waals surface area contributed by atoms with Crippen LogP contribution in [0.2, 0.25) is 0 Å². The molecule has 0 saturated carbocycles. The third-order valence-corrected chi connectivity index (χ3v) is 4.79. The van der Waals surface area contributed by atoms with E-state index < -0.39 is 0 Å². The molecule has 160 valence electrons. The summed E-state index contributed by atoms with van der Waals surface area (Å²) < 4.78 is 11.2. The number of ether oxygens (including phenoxy) is 2. The average Bonchev–Trinajstić information content (AvgIpc) is 2.68. The summed E-state index contributed by atoms with van der Waals surface area (Å²) in [5.74, 6) is 1.84. The van der Waals surface area contributed by atoms with E-state index in [2.05, 4.69) is 48.4 Å². The molecule has 1 aliphatic rings. The first kappa shape index (κ1) is 25.0. The molecule has 0 unspecified atom stereocenters. The third-order valence-electron chi connectivity index (χ3n) is 4.79. The SMILES string of the molecule is CCNC(=NCC(C)(C)N1CCOCC1)NCCc1ccccc1OCC.I. The lowest BCUT2D eigenvalue weighted by atomic mass is 10.0. The Bertz CT molecular complexity index is 590. The van der Waals surface area contributed by atoms with E-state index in [0.29, 0.717) is 6.61 Å². The van der Waals surface area contributed by atoms with Crippen LogP contribution in [-0.2, 0) is 11.2 Å². The van der Waals surface area contributed by atoms with Gasteiger partial charge in [0.15, 0.2) is 5.96 Å². The average molecular weight is 504 g/mol. The van der Waals surface area contributed by atoms with Gasteiger partial charge in [0.1, 0.15) is 5.75 Å². The number of hydrogen-bond donors (Lipinski definition) is 2. The summed E-state index contributed by atoms with van der Waals surface area (Å²) in [6, 6.07) is 8.23. The Hall–Kier alpha value is -1.06. The van der Waals surface area contributed by atoms with Crippen LogP contribution in [0, 0.1) is 0 Å². The minimum atomic E-state index is 0. The molecule has 2 N–H and O–H groups in total. The number of morpholine rings is 1. The highest BCUT2D eigenvalue weighted by atomic mass is 127. The second-order valence-corrected chi connectivity index (χ2v) is 7.32. The van der Waals surface area contributed by atoms with Crippen molar-refractivity contribution in [1.82, 2.24) is 15.5 Å². The van der Waals surface area contributed by atoms with Crippen molar-refractivity contribution in [1.29, 1.82) is 0 Å². The number of benzene rings is 1. The fraction of sp³-hybridized carbons (Fsp3) is 0.667. The van der Waals surface area contributed by atoms with Crippen molar-refractivity contribution < 1.29 is 9.47 Å². The molecule has 7 heteroatoms. The summed E-state index contributed by atoms with van der Waals surface area (Å²) in [5.41, 5.74) is 1.24. The van der Waals surface area contributed by atoms with Crippen LogP contribution in [0.3, 0.4) is 0 Å². The number of nitrogens with zero attached hydrogens (tertiary/aromatic N) is 2. The molecule has 1 aromatic rings. The number of rotatable bonds is 9. The smallest absolute Gasteiger partial charge is 0.191 e. The van der Waals surface area contributed by atoms with E-state index in [-0.39, 0.29) is 29.5 Å². The Morgan fingerprint density at radius 1 is 1.18 bits per heavy atom. The van der Waals surface area contributed by atoms with Crippen LogP contribution in [-0.4, -0.2) is 68.9 Å². The van der Waals surface area contributed by atoms with Gasteiger partial charge in [-0.05, 0) is 45.7 Å². The van der Waals surface area contributed by atoms with E-state index in [1.165, 1.54) is 5.56 Å². The molecule has 0 radical (unpaired) electrons. The molecule has 1 fully saturated rings. The van der Waals surface area contributed by atoms with Crippen molar-refractivity contribution in [3.05, 3.63) is 29.8 Å². The lowest BCUT2D eigenvalue weighted by molar-refractivity contribution is -0.00683. The molecule has 1 heterocycles. The zero-order valence-corrected chi connectivity index (χ0v) is 20.1. The molecule has 0 bridgehead atoms. The second-order valence-electron chi connectivity index (χ2n) is 7.32. The van der Waals surface area contributed by atoms with Gasteiger partial charge in [0.25, 0.3) is 0 Å². The Morgan fingerprint density at radius 2 is 1.89 bits per heavy atom. The first-order valence-corrected chi connectivity index (χ1v) is 10.1. The molecular formula is C21H37IN4O2. The van der Waals surface area contributed by atoms with Crippen LogP contribution in [0.25, 0.3) is 0 Å². The highest BCUT2D eigenvalue weighted by Crippen LogP contribution is 2.18. The Labute approximate surface area is 187 Å². The molecular weight excluding hydrogens is 467 g/mol. The van der Waals surface area contributed by atoms with Crippen molar-refractivity contribution in [2.24, 2.45) is 4.99 Å². The van der Waals surface area contributed by atoms with Gasteiger partial charge in [-0.3, -0.25) is 9.89 Å². The maximum Gasteiger partial charge on any atom is 0.191 e. The van der Waals surface area contributed by atoms with E-state index in [1.54, 1.807) is 0 Å². The molecule has 0 amide bonds. The van der Waals surface area contributed by atoms with Gasteiger partial charge in [0, 0.05) is 31.7 Å². The Kier molecular flexibility index (Phi) is 11.8. The molecule has 0 aliphatic carbocycles. The van der Waals surface area contributed by atoms with Crippen molar-refractivity contribution in [3.63, 3.8) is 0 Å². The van der Waals surface area contributed by atoms with Gasteiger partial charge in [-0.25, -0.2) is 0 Å². The lowest BCUT2D eigenvalue weighted by Gasteiger charge is -2.39. The van der Waals surface area contributed by atoms with Crippen molar-refractivity contribution >= 4 is 29.9 Å². The summed E-state index contributed by atoms with van der Waals surface area (Å²) in [7, 11) is 0. The Morgan fingerprint density at radius 3 is 2.57 bits per heavy atom. The van der Waals surface area contributed by atoms with Crippen LogP contribution in [0.15, 0.2) is 29.3 Å². The molecule has 1 saturated heterocycles. The first-order chi connectivity index (χ1) is 13.1. The molecule has 28 heavy (non-hydrogen) atoms. The van der Waals surface area contributed by atoms with Crippen LogP contribution < -0.4 is 15.4 Å². The van der Waals surface area contributed by atoms with Crippen LogP contribution in [0.1, 0.15) is 33.3 Å². The predicted octanol–water partition coefficient (Wildman–Crippen LogP) is 2.91. The van der Waals surface area contributed by atoms with Gasteiger partial charge >= 0.3 is 0 Å². The van der Waals surface area contributed by atoms with Gasteiger partial charge in [-0.2, -0.15) is 0 Å². The van der Waals surface area contributed by atoms with Gasteiger partial charge in [0.2, 0.25) is 0 Å². The summed E-state index contributed by atoms with van der Waals surface area (Å²) in [6.07, 6.45) is 0.896. The standard InChI is InChI=1S/C21H36N4O2.HI/c1-5-22-20(24-17-21(3,4)25-13-15-26-16-14-25)23-12-11-18-9-7-8-10-19(18)27-6-2;/h7-10H,5-6,11-17H2,1-4H3,(H2,22,23,24);1H. The molecule has 0 spiro atoms. The number of aliphatic imine (C=N–C) groups is 1. The fourth-order valence-corrected chi connectivity index (χ4v) is 3.21. The zero-order chi connectivity index (χ0) is 19.5. The van der Waals surface area contributed by atoms with Crippen molar-refractivity contribution in [3.8, 4) is 5.75 Å². The highest BCUT2D eigenvalue weighted by Gasteiger charge is 2.28.